The van der Waals surface area contributed by atoms with Crippen molar-refractivity contribution in [3.8, 4) is 0 Å². The summed E-state index contributed by atoms with van der Waals surface area (Å²) in [6, 6.07) is 6.05. The highest BCUT2D eigenvalue weighted by Gasteiger charge is 2.39. The van der Waals surface area contributed by atoms with Crippen LogP contribution in [0, 0.1) is 0 Å². The number of fused-ring (bicyclic) bond motifs is 2. The highest BCUT2D eigenvalue weighted by Crippen LogP contribution is 2.26. The molecule has 12 heteroatoms. The van der Waals surface area contributed by atoms with E-state index in [2.05, 4.69) is 9.97 Å². The number of pyridine rings is 2. The number of carbonyl (C=O) groups excluding carboxylic acids is 4. The van der Waals surface area contributed by atoms with Crippen LogP contribution in [0.25, 0.3) is 0 Å². The van der Waals surface area contributed by atoms with Crippen LogP contribution in [0.5, 0.6) is 0 Å². The lowest BCUT2D eigenvalue weighted by Gasteiger charge is -2.35. The molecule has 2 aliphatic rings. The minimum atomic E-state index is -0.702. The highest BCUT2D eigenvalue weighted by molar-refractivity contribution is 5.83. The molecule has 0 bridgehead atoms. The average molecular weight is 585 g/mol. The second kappa shape index (κ2) is 13.2. The van der Waals surface area contributed by atoms with Gasteiger partial charge in [-0.3, -0.25) is 19.8 Å². The van der Waals surface area contributed by atoms with Crippen molar-refractivity contribution in [3.63, 3.8) is 0 Å². The molecule has 0 aliphatic carbocycles. The fourth-order valence-corrected chi connectivity index (χ4v) is 4.49. The number of esters is 2. The zero-order valence-corrected chi connectivity index (χ0v) is 25.5. The summed E-state index contributed by atoms with van der Waals surface area (Å²) in [5.41, 5.74) is 2.22. The molecule has 0 saturated heterocycles. The van der Waals surface area contributed by atoms with Crippen LogP contribution in [-0.2, 0) is 54.5 Å². The van der Waals surface area contributed by atoms with Gasteiger partial charge in [-0.15, -0.1) is 0 Å². The number of hydrogen-bond acceptors (Lipinski definition) is 10. The van der Waals surface area contributed by atoms with E-state index in [1.165, 1.54) is 24.0 Å². The first kappa shape index (κ1) is 32.3. The van der Waals surface area contributed by atoms with Crippen molar-refractivity contribution < 1.29 is 38.1 Å². The van der Waals surface area contributed by atoms with Gasteiger partial charge in [0.15, 0.2) is 0 Å². The summed E-state index contributed by atoms with van der Waals surface area (Å²) in [7, 11) is 2.62. The highest BCUT2D eigenvalue weighted by atomic mass is 16.6. The molecule has 12 nitrogen and oxygen atoms in total. The van der Waals surface area contributed by atoms with Gasteiger partial charge in [0.2, 0.25) is 0 Å². The quantitative estimate of drug-likeness (QED) is 0.378. The molecule has 4 rings (SSSR count). The number of aromatic nitrogens is 2. The van der Waals surface area contributed by atoms with Crippen molar-refractivity contribution in [1.82, 2.24) is 19.8 Å². The normalized spacial score (nSPS) is 17.9. The number of amides is 2. The second-order valence-corrected chi connectivity index (χ2v) is 11.9. The number of carbonyl (C=O) groups is 4. The Morgan fingerprint density at radius 2 is 1.14 bits per heavy atom. The van der Waals surface area contributed by atoms with E-state index in [0.717, 1.165) is 22.5 Å². The Morgan fingerprint density at radius 1 is 0.690 bits per heavy atom. The lowest BCUT2D eigenvalue weighted by atomic mass is 9.98. The van der Waals surface area contributed by atoms with Crippen molar-refractivity contribution in [1.29, 1.82) is 0 Å². The third-order valence-electron chi connectivity index (χ3n) is 6.38. The van der Waals surface area contributed by atoms with E-state index >= 15 is 0 Å². The summed E-state index contributed by atoms with van der Waals surface area (Å²) >= 11 is 0. The van der Waals surface area contributed by atoms with Crippen molar-refractivity contribution in [2.45, 2.75) is 90.8 Å². The Morgan fingerprint density at radius 3 is 1.64 bits per heavy atom. The predicted octanol–water partition coefficient (Wildman–Crippen LogP) is 3.83. The summed E-state index contributed by atoms with van der Waals surface area (Å²) in [5.74, 6) is -0.910. The van der Waals surface area contributed by atoms with Crippen LogP contribution in [0.4, 0.5) is 9.59 Å². The Bertz CT molecular complexity index is 1200. The van der Waals surface area contributed by atoms with Crippen LogP contribution < -0.4 is 0 Å². The molecule has 0 saturated carbocycles. The largest absolute Gasteiger partial charge is 0.467 e. The standard InChI is InChI=1S/2C15H20N2O4/c1-15(2,3)21-14(19)17-9-10-6-5-7-16-11(10)8-12(17)13(18)20-4;1-15(2,3)21-14(19)17-9-11-10(6-5-7-16-11)8-12(17)13(18)20-4/h2*5-7,12H,8-9H2,1-4H3. The van der Waals surface area contributed by atoms with E-state index < -0.39 is 47.4 Å². The maximum absolute atomic E-state index is 12.3. The maximum Gasteiger partial charge on any atom is 0.411 e. The minimum absolute atomic E-state index is 0.241. The molecule has 2 amide bonds. The van der Waals surface area contributed by atoms with Crippen molar-refractivity contribution in [2.24, 2.45) is 0 Å². The molecule has 0 radical (unpaired) electrons. The summed E-state index contributed by atoms with van der Waals surface area (Å²) in [6.45, 7) is 11.3. The molecule has 4 heterocycles. The van der Waals surface area contributed by atoms with Gasteiger partial charge in [0.1, 0.15) is 23.3 Å². The summed E-state index contributed by atoms with van der Waals surface area (Å²) < 4.78 is 20.4. The zero-order valence-electron chi connectivity index (χ0n) is 25.5. The molecule has 2 aromatic rings. The molecule has 0 spiro atoms. The summed E-state index contributed by atoms with van der Waals surface area (Å²) in [4.78, 5) is 59.9. The monoisotopic (exact) mass is 584 g/mol. The number of methoxy groups -OCH3 is 2. The van der Waals surface area contributed by atoms with Crippen molar-refractivity contribution in [3.05, 3.63) is 59.2 Å². The topological polar surface area (TPSA) is 137 Å². The molecule has 2 atom stereocenters. The molecular weight excluding hydrogens is 544 g/mol. The van der Waals surface area contributed by atoms with E-state index in [4.69, 9.17) is 18.9 Å². The van der Waals surface area contributed by atoms with Crippen LogP contribution in [0.1, 0.15) is 64.1 Å². The van der Waals surface area contributed by atoms with Crippen LogP contribution in [0.3, 0.4) is 0 Å². The van der Waals surface area contributed by atoms with Gasteiger partial charge in [0.05, 0.1) is 33.0 Å². The first-order valence-electron chi connectivity index (χ1n) is 13.6. The Balaban J connectivity index is 0.000000230. The van der Waals surface area contributed by atoms with Crippen LogP contribution in [0.15, 0.2) is 36.7 Å². The lowest BCUT2D eigenvalue weighted by Crippen LogP contribution is -2.50. The molecule has 0 N–H and O–H groups in total. The number of hydrogen-bond donors (Lipinski definition) is 0. The van der Waals surface area contributed by atoms with Gasteiger partial charge in [0, 0.05) is 30.9 Å². The molecule has 2 aromatic heterocycles. The molecular formula is C30H40N4O8. The first-order valence-corrected chi connectivity index (χ1v) is 13.6. The third kappa shape index (κ3) is 8.40. The average Bonchev–Trinajstić information content (AvgIpc) is 2.93. The lowest BCUT2D eigenvalue weighted by molar-refractivity contribution is -0.148. The number of rotatable bonds is 2. The van der Waals surface area contributed by atoms with Crippen LogP contribution in [0.2, 0.25) is 0 Å². The van der Waals surface area contributed by atoms with E-state index in [1.54, 1.807) is 53.9 Å². The first-order chi connectivity index (χ1) is 19.6. The molecule has 2 aliphatic heterocycles. The van der Waals surface area contributed by atoms with Gasteiger partial charge in [-0.25, -0.2) is 19.2 Å². The van der Waals surface area contributed by atoms with E-state index in [9.17, 15) is 19.2 Å². The van der Waals surface area contributed by atoms with Gasteiger partial charge in [-0.1, -0.05) is 12.1 Å². The van der Waals surface area contributed by atoms with Gasteiger partial charge in [-0.05, 0) is 64.8 Å². The molecule has 0 fully saturated rings. The van der Waals surface area contributed by atoms with E-state index in [-0.39, 0.29) is 13.1 Å². The van der Waals surface area contributed by atoms with Gasteiger partial charge in [0.25, 0.3) is 0 Å². The van der Waals surface area contributed by atoms with E-state index in [0.29, 0.717) is 12.8 Å². The summed E-state index contributed by atoms with van der Waals surface area (Å²) in [5, 5.41) is 0. The van der Waals surface area contributed by atoms with Gasteiger partial charge >= 0.3 is 24.1 Å². The van der Waals surface area contributed by atoms with Crippen molar-refractivity contribution >= 4 is 24.1 Å². The fourth-order valence-electron chi connectivity index (χ4n) is 4.49. The van der Waals surface area contributed by atoms with E-state index in [1.807, 2.05) is 24.3 Å². The predicted molar refractivity (Wildman–Crippen MR) is 151 cm³/mol. The van der Waals surface area contributed by atoms with Crippen LogP contribution in [-0.4, -0.2) is 81.4 Å². The smallest absolute Gasteiger partial charge is 0.411 e. The minimum Gasteiger partial charge on any atom is -0.467 e. The Hall–Kier alpha value is -4.22. The fraction of sp³-hybridized carbons (Fsp3) is 0.533. The molecule has 2 unspecified atom stereocenters. The SMILES string of the molecule is COC(=O)C1Cc2cccnc2CN1C(=O)OC(C)(C)C.COC(=O)C1Cc2ncccc2CN1C(=O)OC(C)(C)C. The van der Waals surface area contributed by atoms with Crippen LogP contribution >= 0.6 is 0 Å². The van der Waals surface area contributed by atoms with Gasteiger partial charge < -0.3 is 18.9 Å². The second-order valence-electron chi connectivity index (χ2n) is 11.9. The zero-order chi connectivity index (χ0) is 31.2. The van der Waals surface area contributed by atoms with Crippen molar-refractivity contribution in [2.75, 3.05) is 14.2 Å². The molecule has 228 valence electrons. The number of ether oxygens (including phenoxy) is 4. The maximum atomic E-state index is 12.3. The summed E-state index contributed by atoms with van der Waals surface area (Å²) in [6.07, 6.45) is 3.01. The Kier molecular flexibility index (Phi) is 10.1. The third-order valence-corrected chi connectivity index (χ3v) is 6.38. The van der Waals surface area contributed by atoms with Gasteiger partial charge in [-0.2, -0.15) is 0 Å². The number of nitrogens with zero attached hydrogens (tertiary/aromatic N) is 4. The molecule has 0 aromatic carbocycles. The molecule has 42 heavy (non-hydrogen) atoms. The Labute approximate surface area is 246 Å².